The van der Waals surface area contributed by atoms with Crippen molar-refractivity contribution in [3.05, 3.63) is 11.8 Å². The lowest BCUT2D eigenvalue weighted by Gasteiger charge is -2.17. The van der Waals surface area contributed by atoms with E-state index in [1.165, 1.54) is 25.8 Å². The van der Waals surface area contributed by atoms with E-state index in [4.69, 9.17) is 0 Å². The average molecular weight is 275 g/mol. The van der Waals surface area contributed by atoms with E-state index < -0.39 is 0 Å². The lowest BCUT2D eigenvalue weighted by Crippen LogP contribution is -2.28. The van der Waals surface area contributed by atoms with Crippen molar-refractivity contribution in [1.29, 1.82) is 0 Å². The summed E-state index contributed by atoms with van der Waals surface area (Å²) in [7, 11) is 0. The Morgan fingerprint density at radius 1 is 1.35 bits per heavy atom. The largest absolute Gasteiger partial charge is 0.366 e. The molecule has 5 heteroatoms. The Morgan fingerprint density at radius 2 is 2.20 bits per heavy atom. The molecule has 2 aliphatic rings. The van der Waals surface area contributed by atoms with E-state index in [1.54, 1.807) is 0 Å². The molecule has 0 radical (unpaired) electrons. The highest BCUT2D eigenvalue weighted by Gasteiger charge is 2.34. The van der Waals surface area contributed by atoms with E-state index >= 15 is 0 Å². The third kappa shape index (κ3) is 3.20. The van der Waals surface area contributed by atoms with E-state index in [0.717, 1.165) is 42.9 Å². The second-order valence-corrected chi connectivity index (χ2v) is 6.01. The predicted octanol–water partition coefficient (Wildman–Crippen LogP) is 2.26. The van der Waals surface area contributed by atoms with Crippen molar-refractivity contribution in [3.8, 4) is 0 Å². The molecule has 1 aromatic heterocycles. The highest BCUT2D eigenvalue weighted by Crippen LogP contribution is 2.30. The molecule has 2 N–H and O–H groups in total. The number of likely N-dealkylation sites (tertiary alicyclic amines) is 1. The first-order valence-corrected chi connectivity index (χ1v) is 7.84. The first-order chi connectivity index (χ1) is 9.76. The molecule has 20 heavy (non-hydrogen) atoms. The number of anilines is 2. The van der Waals surface area contributed by atoms with Gasteiger partial charge < -0.3 is 10.6 Å². The number of nitrogens with zero attached hydrogens (tertiary/aromatic N) is 3. The molecule has 1 atom stereocenters. The summed E-state index contributed by atoms with van der Waals surface area (Å²) in [6.45, 7) is 7.52. The summed E-state index contributed by atoms with van der Waals surface area (Å²) < 4.78 is 0. The molecule has 1 unspecified atom stereocenters. The van der Waals surface area contributed by atoms with Gasteiger partial charge in [0.2, 0.25) is 5.95 Å². The fourth-order valence-electron chi connectivity index (χ4n) is 2.78. The molecule has 1 aliphatic carbocycles. The highest BCUT2D eigenvalue weighted by molar-refractivity contribution is 5.47. The van der Waals surface area contributed by atoms with Crippen LogP contribution < -0.4 is 10.6 Å². The van der Waals surface area contributed by atoms with Crippen LogP contribution in [0.5, 0.6) is 0 Å². The zero-order valence-electron chi connectivity index (χ0n) is 12.5. The highest BCUT2D eigenvalue weighted by atomic mass is 15.2. The Kier molecular flexibility index (Phi) is 4.05. The Hall–Kier alpha value is -1.36. The smallest absolute Gasteiger partial charge is 0.224 e. The van der Waals surface area contributed by atoms with Gasteiger partial charge in [0.05, 0.1) is 0 Å². The van der Waals surface area contributed by atoms with Crippen molar-refractivity contribution >= 4 is 11.8 Å². The topological polar surface area (TPSA) is 53.1 Å². The molecule has 1 aromatic rings. The Morgan fingerprint density at radius 3 is 2.95 bits per heavy atom. The molecule has 0 amide bonds. The zero-order valence-corrected chi connectivity index (χ0v) is 12.5. The van der Waals surface area contributed by atoms with Crippen LogP contribution in [0.15, 0.2) is 6.20 Å². The maximum Gasteiger partial charge on any atom is 0.224 e. The van der Waals surface area contributed by atoms with Crippen LogP contribution in [-0.2, 0) is 0 Å². The first-order valence-electron chi connectivity index (χ1n) is 7.84. The van der Waals surface area contributed by atoms with Gasteiger partial charge in [-0.05, 0) is 32.6 Å². The lowest BCUT2D eigenvalue weighted by atomic mass is 10.2. The van der Waals surface area contributed by atoms with Gasteiger partial charge in [-0.15, -0.1) is 0 Å². The lowest BCUT2D eigenvalue weighted by molar-refractivity contribution is 0.326. The summed E-state index contributed by atoms with van der Waals surface area (Å²) in [5.74, 6) is 1.72. The molecule has 0 aromatic carbocycles. The number of rotatable bonds is 6. The van der Waals surface area contributed by atoms with Crippen LogP contribution in [0.4, 0.5) is 11.8 Å². The normalized spacial score (nSPS) is 23.0. The average Bonchev–Trinajstić information content (AvgIpc) is 3.20. The van der Waals surface area contributed by atoms with Crippen LogP contribution in [0.2, 0.25) is 0 Å². The van der Waals surface area contributed by atoms with E-state index in [1.807, 2.05) is 6.20 Å². The van der Waals surface area contributed by atoms with Crippen LogP contribution in [-0.4, -0.2) is 46.6 Å². The molecule has 0 spiro atoms. The Labute approximate surface area is 121 Å². The number of hydrogen-bond acceptors (Lipinski definition) is 5. The summed E-state index contributed by atoms with van der Waals surface area (Å²) in [6, 6.07) is 1.40. The second-order valence-electron chi connectivity index (χ2n) is 6.01. The molecule has 3 rings (SSSR count). The van der Waals surface area contributed by atoms with Gasteiger partial charge in [-0.1, -0.05) is 6.92 Å². The van der Waals surface area contributed by atoms with E-state index in [-0.39, 0.29) is 0 Å². The summed E-state index contributed by atoms with van der Waals surface area (Å²) in [6.07, 6.45) is 6.99. The Bertz CT molecular complexity index is 458. The van der Waals surface area contributed by atoms with Crippen molar-refractivity contribution in [1.82, 2.24) is 14.9 Å². The minimum Gasteiger partial charge on any atom is -0.366 e. The SMILES string of the molecule is CCCNc1ncc(C)c(NC2CCN(C3CC3)C2)n1. The number of aryl methyl sites for hydroxylation is 1. The summed E-state index contributed by atoms with van der Waals surface area (Å²) in [5, 5.41) is 6.86. The molecule has 0 bridgehead atoms. The van der Waals surface area contributed by atoms with Crippen LogP contribution >= 0.6 is 0 Å². The third-order valence-corrected chi connectivity index (χ3v) is 4.13. The molecule has 110 valence electrons. The molecule has 2 fully saturated rings. The van der Waals surface area contributed by atoms with Crippen molar-refractivity contribution < 1.29 is 0 Å². The number of nitrogens with one attached hydrogen (secondary N) is 2. The summed E-state index contributed by atoms with van der Waals surface area (Å²) in [4.78, 5) is 11.6. The van der Waals surface area contributed by atoms with E-state index in [9.17, 15) is 0 Å². The van der Waals surface area contributed by atoms with E-state index in [2.05, 4.69) is 39.3 Å². The molecule has 5 nitrogen and oxygen atoms in total. The van der Waals surface area contributed by atoms with Crippen LogP contribution in [0.25, 0.3) is 0 Å². The summed E-state index contributed by atoms with van der Waals surface area (Å²) >= 11 is 0. The van der Waals surface area contributed by atoms with E-state index in [0.29, 0.717) is 6.04 Å². The van der Waals surface area contributed by atoms with Crippen molar-refractivity contribution in [3.63, 3.8) is 0 Å². The van der Waals surface area contributed by atoms with Gasteiger partial charge in [-0.25, -0.2) is 4.98 Å². The first kappa shape index (κ1) is 13.6. The fourth-order valence-corrected chi connectivity index (χ4v) is 2.78. The van der Waals surface area contributed by atoms with Crippen molar-refractivity contribution in [2.75, 3.05) is 30.3 Å². The van der Waals surface area contributed by atoms with Crippen molar-refractivity contribution in [2.45, 2.75) is 51.6 Å². The van der Waals surface area contributed by atoms with Crippen LogP contribution in [0.3, 0.4) is 0 Å². The van der Waals surface area contributed by atoms with Gasteiger partial charge in [0, 0.05) is 43.5 Å². The molecule has 1 saturated carbocycles. The van der Waals surface area contributed by atoms with Gasteiger partial charge in [0.15, 0.2) is 0 Å². The van der Waals surface area contributed by atoms with Gasteiger partial charge >= 0.3 is 0 Å². The quantitative estimate of drug-likeness (QED) is 0.834. The predicted molar refractivity (Wildman–Crippen MR) is 82.2 cm³/mol. The molecule has 1 saturated heterocycles. The zero-order chi connectivity index (χ0) is 13.9. The van der Waals surface area contributed by atoms with Crippen molar-refractivity contribution in [2.24, 2.45) is 0 Å². The molecular weight excluding hydrogens is 250 g/mol. The van der Waals surface area contributed by atoms with Crippen LogP contribution in [0, 0.1) is 6.92 Å². The van der Waals surface area contributed by atoms with Gasteiger partial charge in [-0.3, -0.25) is 4.90 Å². The maximum absolute atomic E-state index is 4.61. The fraction of sp³-hybridized carbons (Fsp3) is 0.733. The van der Waals surface area contributed by atoms with Gasteiger partial charge in [-0.2, -0.15) is 4.98 Å². The van der Waals surface area contributed by atoms with Crippen LogP contribution in [0.1, 0.15) is 38.2 Å². The third-order valence-electron chi connectivity index (χ3n) is 4.13. The second kappa shape index (κ2) is 5.95. The van der Waals surface area contributed by atoms with Gasteiger partial charge in [0.25, 0.3) is 0 Å². The summed E-state index contributed by atoms with van der Waals surface area (Å²) in [5.41, 5.74) is 1.12. The molecule has 1 aliphatic heterocycles. The molecule has 2 heterocycles. The number of aromatic nitrogens is 2. The standard InChI is InChI=1S/C15H25N5/c1-3-7-16-15-17-9-11(2)14(19-15)18-12-6-8-20(10-12)13-4-5-13/h9,12-13H,3-8,10H2,1-2H3,(H2,16,17,18,19). The maximum atomic E-state index is 4.61. The Balaban J connectivity index is 1.61. The minimum atomic E-state index is 0.531. The minimum absolute atomic E-state index is 0.531. The monoisotopic (exact) mass is 275 g/mol. The van der Waals surface area contributed by atoms with Gasteiger partial charge in [0.1, 0.15) is 5.82 Å². The number of hydrogen-bond donors (Lipinski definition) is 2. The molecular formula is C15H25N5.